The molecule has 0 spiro atoms. The molecule has 0 radical (unpaired) electrons. The van der Waals surface area contributed by atoms with Gasteiger partial charge in [-0.1, -0.05) is 36.0 Å². The number of urea groups is 1. The van der Waals surface area contributed by atoms with Crippen LogP contribution in [0.25, 0.3) is 22.4 Å². The SMILES string of the molecule is Cc1cccc(-n2c(=O)c3ccccc3n3c(SCC(=O)N4CCNC4=O)nnc23)c1C. The van der Waals surface area contributed by atoms with Gasteiger partial charge in [-0.05, 0) is 43.2 Å². The Hall–Kier alpha value is -3.66. The fraction of sp³-hybridized carbons (Fsp3) is 0.227. The first-order chi connectivity index (χ1) is 15.5. The molecule has 0 aliphatic carbocycles. The zero-order valence-corrected chi connectivity index (χ0v) is 18.3. The zero-order valence-electron chi connectivity index (χ0n) is 17.5. The monoisotopic (exact) mass is 448 g/mol. The van der Waals surface area contributed by atoms with Crippen LogP contribution in [0.5, 0.6) is 0 Å². The number of amides is 3. The molecule has 3 amide bonds. The lowest BCUT2D eigenvalue weighted by Gasteiger charge is -2.14. The summed E-state index contributed by atoms with van der Waals surface area (Å²) in [6.45, 7) is 4.77. The van der Waals surface area contributed by atoms with E-state index in [1.165, 1.54) is 16.7 Å². The standard InChI is InChI=1S/C22H20N6O3S/c1-13-6-5-9-16(14(13)2)27-19(30)15-7-3-4-8-17(15)28-20(27)24-25-22(28)32-12-18(29)26-11-10-23-21(26)31/h3-9H,10-12H2,1-2H3,(H,23,31). The first-order valence-electron chi connectivity index (χ1n) is 10.1. The Morgan fingerprint density at radius 3 is 2.69 bits per heavy atom. The summed E-state index contributed by atoms with van der Waals surface area (Å²) < 4.78 is 3.36. The van der Waals surface area contributed by atoms with Crippen molar-refractivity contribution in [3.8, 4) is 5.69 Å². The van der Waals surface area contributed by atoms with Gasteiger partial charge in [0.05, 0.1) is 22.3 Å². The highest BCUT2D eigenvalue weighted by Crippen LogP contribution is 2.25. The molecule has 10 heteroatoms. The van der Waals surface area contributed by atoms with E-state index >= 15 is 0 Å². The molecular formula is C22H20N6O3S. The highest BCUT2D eigenvalue weighted by molar-refractivity contribution is 7.99. The first kappa shape index (κ1) is 20.3. The molecule has 0 unspecified atom stereocenters. The predicted molar refractivity (Wildman–Crippen MR) is 121 cm³/mol. The lowest BCUT2D eigenvalue weighted by atomic mass is 10.1. The molecule has 162 valence electrons. The molecule has 3 heterocycles. The number of nitrogens with zero attached hydrogens (tertiary/aromatic N) is 5. The summed E-state index contributed by atoms with van der Waals surface area (Å²) in [5.41, 5.74) is 3.24. The minimum Gasteiger partial charge on any atom is -0.336 e. The Kier molecular flexibility index (Phi) is 4.93. The number of aryl methyl sites for hydroxylation is 1. The van der Waals surface area contributed by atoms with Crippen LogP contribution < -0.4 is 10.9 Å². The van der Waals surface area contributed by atoms with E-state index in [4.69, 9.17) is 0 Å². The van der Waals surface area contributed by atoms with Crippen molar-refractivity contribution >= 4 is 40.4 Å². The van der Waals surface area contributed by atoms with Gasteiger partial charge in [-0.3, -0.25) is 18.9 Å². The van der Waals surface area contributed by atoms with Gasteiger partial charge in [-0.25, -0.2) is 9.36 Å². The second-order valence-corrected chi connectivity index (χ2v) is 8.50. The quantitative estimate of drug-likeness (QED) is 0.481. The maximum absolute atomic E-state index is 13.5. The number of rotatable bonds is 4. The van der Waals surface area contributed by atoms with Gasteiger partial charge in [-0.15, -0.1) is 10.2 Å². The Morgan fingerprint density at radius 2 is 1.91 bits per heavy atom. The fourth-order valence-electron chi connectivity index (χ4n) is 3.88. The largest absolute Gasteiger partial charge is 0.336 e. The third-order valence-electron chi connectivity index (χ3n) is 5.69. The van der Waals surface area contributed by atoms with Crippen molar-refractivity contribution in [1.82, 2.24) is 29.4 Å². The Balaban J connectivity index is 1.66. The zero-order chi connectivity index (χ0) is 22.4. The van der Waals surface area contributed by atoms with Gasteiger partial charge in [0.1, 0.15) is 0 Å². The molecule has 4 aromatic rings. The Bertz CT molecular complexity index is 1460. The molecule has 32 heavy (non-hydrogen) atoms. The molecule has 1 aliphatic heterocycles. The van der Waals surface area contributed by atoms with Crippen molar-refractivity contribution in [3.63, 3.8) is 0 Å². The van der Waals surface area contributed by atoms with E-state index in [1.54, 1.807) is 15.0 Å². The highest BCUT2D eigenvalue weighted by atomic mass is 32.2. The van der Waals surface area contributed by atoms with E-state index in [1.807, 2.05) is 50.2 Å². The van der Waals surface area contributed by atoms with Gasteiger partial charge in [0.2, 0.25) is 11.7 Å². The summed E-state index contributed by atoms with van der Waals surface area (Å²) in [5, 5.41) is 12.2. The van der Waals surface area contributed by atoms with Gasteiger partial charge >= 0.3 is 6.03 Å². The summed E-state index contributed by atoms with van der Waals surface area (Å²) in [7, 11) is 0. The second kappa shape index (κ2) is 7.79. The van der Waals surface area contributed by atoms with Crippen LogP contribution in [0.4, 0.5) is 4.79 Å². The van der Waals surface area contributed by atoms with E-state index in [2.05, 4.69) is 15.5 Å². The lowest BCUT2D eigenvalue weighted by Crippen LogP contribution is -2.35. The van der Waals surface area contributed by atoms with E-state index in [0.717, 1.165) is 16.8 Å². The van der Waals surface area contributed by atoms with E-state index < -0.39 is 0 Å². The normalized spacial score (nSPS) is 13.8. The molecule has 0 saturated carbocycles. The highest BCUT2D eigenvalue weighted by Gasteiger charge is 2.27. The summed E-state index contributed by atoms with van der Waals surface area (Å²) in [4.78, 5) is 38.9. The number of fused-ring (bicyclic) bond motifs is 3. The topological polar surface area (TPSA) is 102 Å². The minimum atomic E-state index is -0.379. The Labute approximate surface area is 187 Å². The van der Waals surface area contributed by atoms with Gasteiger partial charge in [0.15, 0.2) is 5.16 Å². The third kappa shape index (κ3) is 3.14. The Morgan fingerprint density at radius 1 is 1.09 bits per heavy atom. The maximum atomic E-state index is 13.5. The van der Waals surface area contributed by atoms with Crippen molar-refractivity contribution in [3.05, 3.63) is 63.9 Å². The van der Waals surface area contributed by atoms with Gasteiger partial charge in [0.25, 0.3) is 5.56 Å². The summed E-state index contributed by atoms with van der Waals surface area (Å²) in [5.74, 6) is 0.107. The third-order valence-corrected chi connectivity index (χ3v) is 6.61. The summed E-state index contributed by atoms with van der Waals surface area (Å²) in [6.07, 6.45) is 0. The summed E-state index contributed by atoms with van der Waals surface area (Å²) >= 11 is 1.19. The van der Waals surface area contributed by atoms with Crippen LogP contribution in [0.2, 0.25) is 0 Å². The molecule has 2 aromatic carbocycles. The number of aromatic nitrogens is 4. The maximum Gasteiger partial charge on any atom is 0.324 e. The van der Waals surface area contributed by atoms with E-state index in [0.29, 0.717) is 34.9 Å². The molecule has 9 nitrogen and oxygen atoms in total. The molecule has 1 fully saturated rings. The fourth-order valence-corrected chi connectivity index (χ4v) is 4.70. The average Bonchev–Trinajstić information content (AvgIpc) is 3.41. The van der Waals surface area contributed by atoms with Crippen molar-refractivity contribution in [1.29, 1.82) is 0 Å². The number of hydrogen-bond donors (Lipinski definition) is 1. The minimum absolute atomic E-state index is 0.0329. The van der Waals surface area contributed by atoms with Crippen LogP contribution in [-0.2, 0) is 4.79 Å². The average molecular weight is 449 g/mol. The van der Waals surface area contributed by atoms with Crippen LogP contribution >= 0.6 is 11.8 Å². The second-order valence-electron chi connectivity index (χ2n) is 7.56. The van der Waals surface area contributed by atoms with Crippen molar-refractivity contribution in [2.75, 3.05) is 18.8 Å². The van der Waals surface area contributed by atoms with Crippen LogP contribution in [0, 0.1) is 13.8 Å². The molecule has 1 N–H and O–H groups in total. The number of imide groups is 1. The van der Waals surface area contributed by atoms with E-state index in [-0.39, 0.29) is 23.3 Å². The van der Waals surface area contributed by atoms with Crippen LogP contribution in [0.3, 0.4) is 0 Å². The molecule has 1 saturated heterocycles. The number of thioether (sulfide) groups is 1. The molecule has 1 aliphatic rings. The number of hydrogen-bond acceptors (Lipinski definition) is 6. The van der Waals surface area contributed by atoms with Crippen molar-refractivity contribution < 1.29 is 9.59 Å². The van der Waals surface area contributed by atoms with Crippen LogP contribution in [0.1, 0.15) is 11.1 Å². The molecule has 0 atom stereocenters. The number of para-hydroxylation sites is 1. The van der Waals surface area contributed by atoms with Gasteiger partial charge in [0, 0.05) is 13.1 Å². The van der Waals surface area contributed by atoms with Crippen molar-refractivity contribution in [2.45, 2.75) is 19.0 Å². The number of carbonyl (C=O) groups excluding carboxylic acids is 2. The number of carbonyl (C=O) groups is 2. The molecular weight excluding hydrogens is 428 g/mol. The number of nitrogens with one attached hydrogen (secondary N) is 1. The predicted octanol–water partition coefficient (Wildman–Crippen LogP) is 2.29. The van der Waals surface area contributed by atoms with Crippen LogP contribution in [-0.4, -0.2) is 54.8 Å². The van der Waals surface area contributed by atoms with Crippen molar-refractivity contribution in [2.24, 2.45) is 0 Å². The van der Waals surface area contributed by atoms with Crippen LogP contribution in [0.15, 0.2) is 52.4 Å². The summed E-state index contributed by atoms with van der Waals surface area (Å²) in [6, 6.07) is 12.7. The van der Waals surface area contributed by atoms with Gasteiger partial charge in [-0.2, -0.15) is 0 Å². The van der Waals surface area contributed by atoms with E-state index in [9.17, 15) is 14.4 Å². The van der Waals surface area contributed by atoms with Gasteiger partial charge < -0.3 is 5.32 Å². The molecule has 0 bridgehead atoms. The smallest absolute Gasteiger partial charge is 0.324 e. The number of benzene rings is 2. The lowest BCUT2D eigenvalue weighted by molar-refractivity contribution is -0.124. The first-order valence-corrected chi connectivity index (χ1v) is 11.1. The molecule has 2 aromatic heterocycles. The molecule has 5 rings (SSSR count).